The lowest BCUT2D eigenvalue weighted by atomic mass is 9.99. The van der Waals surface area contributed by atoms with Gasteiger partial charge in [-0.05, 0) is 52.6 Å². The van der Waals surface area contributed by atoms with E-state index in [0.717, 1.165) is 67.6 Å². The Kier molecular flexibility index (Phi) is 9.33. The Labute approximate surface area is 280 Å². The van der Waals surface area contributed by atoms with E-state index in [1.54, 1.807) is 21.3 Å². The van der Waals surface area contributed by atoms with Crippen LogP contribution in [0.2, 0.25) is 0 Å². The first-order valence-electron chi connectivity index (χ1n) is 16.3. The van der Waals surface area contributed by atoms with Crippen molar-refractivity contribution in [2.75, 3.05) is 21.3 Å². The molecule has 6 N–H and O–H groups in total. The Morgan fingerprint density at radius 2 is 0.708 bits per heavy atom. The number of ether oxygens (including phenoxy) is 3. The maximum atomic E-state index is 6.14. The van der Waals surface area contributed by atoms with Crippen LogP contribution >= 0.6 is 0 Å². The van der Waals surface area contributed by atoms with Crippen molar-refractivity contribution in [1.29, 1.82) is 0 Å². The van der Waals surface area contributed by atoms with Crippen LogP contribution in [0, 0.1) is 0 Å². The van der Waals surface area contributed by atoms with E-state index in [2.05, 4.69) is 104 Å². The number of hydrogen-bond acceptors (Lipinski definition) is 6. The van der Waals surface area contributed by atoms with Gasteiger partial charge in [-0.25, -0.2) is 0 Å². The lowest BCUT2D eigenvalue weighted by molar-refractivity contribution is 0.350. The number of rotatable bonds is 15. The number of hydrogen-bond donors (Lipinski definition) is 6. The summed E-state index contributed by atoms with van der Waals surface area (Å²) < 4.78 is 18.4. The maximum Gasteiger partial charge on any atom is 0.135 e. The number of H-pyrrole nitrogens is 3. The number of aromatic nitrogens is 3. The number of fused-ring (bicyclic) bond motifs is 3. The Morgan fingerprint density at radius 1 is 0.417 bits per heavy atom. The van der Waals surface area contributed by atoms with Crippen LogP contribution in [0.5, 0.6) is 17.2 Å². The lowest BCUT2D eigenvalue weighted by Crippen LogP contribution is -2.21. The molecule has 7 rings (SSSR count). The monoisotopic (exact) mass is 642 g/mol. The van der Waals surface area contributed by atoms with E-state index in [1.165, 1.54) is 16.2 Å². The van der Waals surface area contributed by atoms with Crippen molar-refractivity contribution in [3.63, 3.8) is 0 Å². The zero-order valence-corrected chi connectivity index (χ0v) is 27.6. The fraction of sp³-hybridized carbons (Fsp3) is 0.231. The molecule has 7 aromatic rings. The maximum absolute atomic E-state index is 6.14. The third-order valence-electron chi connectivity index (χ3n) is 8.87. The van der Waals surface area contributed by atoms with Crippen LogP contribution in [-0.4, -0.2) is 36.3 Å². The molecule has 9 nitrogen and oxygen atoms in total. The summed E-state index contributed by atoms with van der Waals surface area (Å²) in [5.74, 6) is 2.24. The Balaban J connectivity index is 1.17. The molecule has 0 saturated heterocycles. The molecule has 0 spiro atoms. The van der Waals surface area contributed by atoms with E-state index in [9.17, 15) is 0 Å². The minimum Gasteiger partial charge on any atom is -0.496 e. The van der Waals surface area contributed by atoms with Crippen molar-refractivity contribution in [2.45, 2.75) is 39.3 Å². The molecule has 0 unspecified atom stereocenters. The first-order chi connectivity index (χ1) is 23.6. The van der Waals surface area contributed by atoms with Crippen LogP contribution in [0.4, 0.5) is 0 Å². The Morgan fingerprint density at radius 3 is 0.979 bits per heavy atom. The summed E-state index contributed by atoms with van der Waals surface area (Å²) in [5.41, 5.74) is 9.56. The average Bonchev–Trinajstić information content (AvgIpc) is 3.84. The van der Waals surface area contributed by atoms with Gasteiger partial charge in [0.1, 0.15) is 17.2 Å². The number of aromatic amines is 3. The van der Waals surface area contributed by atoms with Gasteiger partial charge in [0.15, 0.2) is 0 Å². The molecule has 0 saturated carbocycles. The van der Waals surface area contributed by atoms with E-state index < -0.39 is 0 Å². The van der Waals surface area contributed by atoms with Gasteiger partial charge in [0.2, 0.25) is 0 Å². The van der Waals surface area contributed by atoms with Crippen molar-refractivity contribution in [3.05, 3.63) is 125 Å². The van der Waals surface area contributed by atoms with Crippen molar-refractivity contribution >= 4 is 32.7 Å². The normalized spacial score (nSPS) is 11.6. The van der Waals surface area contributed by atoms with Crippen LogP contribution < -0.4 is 30.2 Å². The zero-order chi connectivity index (χ0) is 32.9. The van der Waals surface area contributed by atoms with Gasteiger partial charge in [-0.2, -0.15) is 0 Å². The third kappa shape index (κ3) is 6.48. The highest BCUT2D eigenvalue weighted by Gasteiger charge is 2.26. The van der Waals surface area contributed by atoms with E-state index in [0.29, 0.717) is 39.3 Å². The van der Waals surface area contributed by atoms with E-state index in [4.69, 9.17) is 14.2 Å². The van der Waals surface area contributed by atoms with Gasteiger partial charge in [0, 0.05) is 72.9 Å². The first kappa shape index (κ1) is 31.4. The van der Waals surface area contributed by atoms with E-state index in [1.807, 2.05) is 18.2 Å². The molecule has 9 heteroatoms. The smallest absolute Gasteiger partial charge is 0.135 e. The fourth-order valence-corrected chi connectivity index (χ4v) is 6.73. The highest BCUT2D eigenvalue weighted by Crippen LogP contribution is 2.44. The second-order valence-corrected chi connectivity index (χ2v) is 12.0. The summed E-state index contributed by atoms with van der Waals surface area (Å²) in [4.78, 5) is 10.5. The molecule has 3 heterocycles. The van der Waals surface area contributed by atoms with E-state index >= 15 is 0 Å². The summed E-state index contributed by atoms with van der Waals surface area (Å²) in [6, 6.07) is 31.5. The van der Waals surface area contributed by atoms with Crippen molar-refractivity contribution < 1.29 is 14.2 Å². The quantitative estimate of drug-likeness (QED) is 0.0717. The molecule has 4 aromatic carbocycles. The molecule has 3 aromatic heterocycles. The number of methoxy groups -OCH3 is 3. The minimum atomic E-state index is 0.537. The number of para-hydroxylation sites is 3. The number of benzene rings is 4. The molecule has 0 aliphatic heterocycles. The molecule has 48 heavy (non-hydrogen) atoms. The standard InChI is InChI=1S/C39H42N6O3/c1-46-37-31(22-40-19-28-16-25-10-4-7-13-34(25)43-28)38(47-2)33(24-42-21-30-18-27-12-6-9-15-36(27)45-30)39(48-3)32(37)23-41-20-29-17-26-11-5-8-14-35(26)44-29/h4-18,40-45H,19-24H2,1-3H3. The van der Waals surface area contributed by atoms with Crippen LogP contribution in [0.1, 0.15) is 33.8 Å². The molecular weight excluding hydrogens is 600 g/mol. The second-order valence-electron chi connectivity index (χ2n) is 12.0. The molecule has 0 aliphatic carbocycles. The Hall–Kier alpha value is -5.22. The molecule has 0 amide bonds. The topological polar surface area (TPSA) is 111 Å². The van der Waals surface area contributed by atoms with Gasteiger partial charge in [-0.15, -0.1) is 0 Å². The average molecular weight is 643 g/mol. The van der Waals surface area contributed by atoms with Crippen LogP contribution in [-0.2, 0) is 39.3 Å². The minimum absolute atomic E-state index is 0.537. The highest BCUT2D eigenvalue weighted by atomic mass is 16.5. The van der Waals surface area contributed by atoms with E-state index in [-0.39, 0.29) is 0 Å². The summed E-state index contributed by atoms with van der Waals surface area (Å²) in [5, 5.41) is 14.5. The Bertz CT molecular complexity index is 1800. The SMILES string of the molecule is COc1c(CNCc2cc3ccccc3[nH]2)c(OC)c(CNCc2cc3ccccc3[nH]2)c(OC)c1CNCc1cc2ccccc2[nH]1. The largest absolute Gasteiger partial charge is 0.496 e. The molecule has 246 valence electrons. The molecule has 0 atom stereocenters. The summed E-state index contributed by atoms with van der Waals surface area (Å²) >= 11 is 0. The van der Waals surface area contributed by atoms with Gasteiger partial charge < -0.3 is 45.1 Å². The number of nitrogens with one attached hydrogen (secondary N) is 6. The van der Waals surface area contributed by atoms with Crippen LogP contribution in [0.3, 0.4) is 0 Å². The van der Waals surface area contributed by atoms with Gasteiger partial charge in [-0.3, -0.25) is 0 Å². The molecule has 0 radical (unpaired) electrons. The van der Waals surface area contributed by atoms with Crippen molar-refractivity contribution in [3.8, 4) is 17.2 Å². The third-order valence-corrected chi connectivity index (χ3v) is 8.87. The van der Waals surface area contributed by atoms with Gasteiger partial charge in [-0.1, -0.05) is 54.6 Å². The fourth-order valence-electron chi connectivity index (χ4n) is 6.73. The molecule has 0 bridgehead atoms. The highest BCUT2D eigenvalue weighted by molar-refractivity contribution is 5.81. The van der Waals surface area contributed by atoms with Gasteiger partial charge >= 0.3 is 0 Å². The lowest BCUT2D eigenvalue weighted by Gasteiger charge is -2.25. The predicted molar refractivity (Wildman–Crippen MR) is 193 cm³/mol. The second kappa shape index (κ2) is 14.3. The summed E-state index contributed by atoms with van der Waals surface area (Å²) in [7, 11) is 5.14. The van der Waals surface area contributed by atoms with Crippen LogP contribution in [0.25, 0.3) is 32.7 Å². The molecule has 0 aliphatic rings. The van der Waals surface area contributed by atoms with Gasteiger partial charge in [0.25, 0.3) is 0 Å². The summed E-state index contributed by atoms with van der Waals surface area (Å²) in [6.07, 6.45) is 0. The first-order valence-corrected chi connectivity index (χ1v) is 16.3. The molecule has 0 fully saturated rings. The summed E-state index contributed by atoms with van der Waals surface area (Å²) in [6.45, 7) is 3.60. The predicted octanol–water partition coefficient (Wildman–Crippen LogP) is 7.03. The van der Waals surface area contributed by atoms with Crippen molar-refractivity contribution in [1.82, 2.24) is 30.9 Å². The van der Waals surface area contributed by atoms with Crippen molar-refractivity contribution in [2.24, 2.45) is 0 Å². The van der Waals surface area contributed by atoms with Crippen LogP contribution in [0.15, 0.2) is 91.0 Å². The zero-order valence-electron chi connectivity index (χ0n) is 27.6. The molecular formula is C39H42N6O3. The van der Waals surface area contributed by atoms with Gasteiger partial charge in [0.05, 0.1) is 38.0 Å².